The molecule has 0 amide bonds. The maximum Gasteiger partial charge on any atom is 0.270 e. The highest BCUT2D eigenvalue weighted by Gasteiger charge is 2.14. The van der Waals surface area contributed by atoms with E-state index in [-0.39, 0.29) is 0 Å². The third kappa shape index (κ3) is 3.00. The minimum Gasteiger partial charge on any atom is -0.497 e. The van der Waals surface area contributed by atoms with Crippen molar-refractivity contribution in [1.29, 1.82) is 0 Å². The van der Waals surface area contributed by atoms with Gasteiger partial charge in [-0.05, 0) is 35.0 Å². The quantitative estimate of drug-likeness (QED) is 0.778. The number of aromatic amines is 1. The molecule has 0 spiro atoms. The first-order valence-corrected chi connectivity index (χ1v) is 6.56. The maximum absolute atomic E-state index is 5.19. The van der Waals surface area contributed by atoms with Crippen LogP contribution in [0.3, 0.4) is 0 Å². The molecule has 1 N–H and O–H groups in total. The zero-order valence-corrected chi connectivity index (χ0v) is 11.6. The van der Waals surface area contributed by atoms with E-state index in [0.717, 1.165) is 17.0 Å². The van der Waals surface area contributed by atoms with E-state index in [0.29, 0.717) is 12.5 Å². The summed E-state index contributed by atoms with van der Waals surface area (Å²) in [6.07, 6.45) is 0. The summed E-state index contributed by atoms with van der Waals surface area (Å²) in [4.78, 5) is 1.98. The fourth-order valence-electron chi connectivity index (χ4n) is 2.08. The Bertz CT molecular complexity index is 667. The number of nitrogens with one attached hydrogen (secondary N) is 1. The van der Waals surface area contributed by atoms with Gasteiger partial charge < -0.3 is 9.64 Å². The molecule has 0 fully saturated rings. The fraction of sp³-hybridized carbons (Fsp3) is 0.133. The topological polar surface area (TPSA) is 66.9 Å². The molecule has 106 valence electrons. The third-order valence-corrected chi connectivity index (χ3v) is 3.14. The molecule has 0 atom stereocenters. The minimum absolute atomic E-state index is 0.531. The molecule has 2 aromatic carbocycles. The molecule has 6 nitrogen and oxygen atoms in total. The van der Waals surface area contributed by atoms with Crippen molar-refractivity contribution in [2.75, 3.05) is 12.0 Å². The summed E-state index contributed by atoms with van der Waals surface area (Å²) in [5.74, 6) is 1.34. The number of rotatable bonds is 5. The second kappa shape index (κ2) is 6.04. The van der Waals surface area contributed by atoms with Crippen LogP contribution in [-0.4, -0.2) is 27.7 Å². The lowest BCUT2D eigenvalue weighted by Gasteiger charge is -2.21. The highest BCUT2D eigenvalue weighted by Crippen LogP contribution is 2.25. The van der Waals surface area contributed by atoms with Crippen LogP contribution in [0.5, 0.6) is 5.75 Å². The van der Waals surface area contributed by atoms with Crippen LogP contribution in [0, 0.1) is 0 Å². The number of benzene rings is 2. The van der Waals surface area contributed by atoms with Crippen molar-refractivity contribution in [2.45, 2.75) is 6.54 Å². The van der Waals surface area contributed by atoms with Crippen LogP contribution in [0.1, 0.15) is 5.56 Å². The van der Waals surface area contributed by atoms with Gasteiger partial charge >= 0.3 is 0 Å². The Labute approximate surface area is 122 Å². The molecule has 0 radical (unpaired) electrons. The van der Waals surface area contributed by atoms with E-state index in [1.165, 1.54) is 0 Å². The number of ether oxygens (including phenoxy) is 1. The van der Waals surface area contributed by atoms with E-state index in [4.69, 9.17) is 4.74 Å². The van der Waals surface area contributed by atoms with Crippen LogP contribution < -0.4 is 9.64 Å². The largest absolute Gasteiger partial charge is 0.497 e. The molecular formula is C15H15N5O. The molecule has 0 bridgehead atoms. The highest BCUT2D eigenvalue weighted by atomic mass is 16.5. The second-order valence-electron chi connectivity index (χ2n) is 4.48. The lowest BCUT2D eigenvalue weighted by molar-refractivity contribution is 0.415. The average molecular weight is 281 g/mol. The third-order valence-electron chi connectivity index (χ3n) is 3.14. The molecular weight excluding hydrogens is 266 g/mol. The molecule has 1 heterocycles. The Kier molecular flexibility index (Phi) is 3.77. The monoisotopic (exact) mass is 281 g/mol. The van der Waals surface area contributed by atoms with Crippen molar-refractivity contribution >= 4 is 11.6 Å². The van der Waals surface area contributed by atoms with Gasteiger partial charge in [-0.2, -0.15) is 5.21 Å². The van der Waals surface area contributed by atoms with Crippen molar-refractivity contribution in [2.24, 2.45) is 0 Å². The van der Waals surface area contributed by atoms with Gasteiger partial charge in [-0.3, -0.25) is 0 Å². The number of hydrogen-bond donors (Lipinski definition) is 1. The van der Waals surface area contributed by atoms with Crippen molar-refractivity contribution in [3.05, 3.63) is 60.2 Å². The number of aromatic nitrogens is 4. The molecule has 3 rings (SSSR count). The SMILES string of the molecule is COc1ccc(N(Cc2ccccc2)c2nn[nH]n2)cc1. The number of methoxy groups -OCH3 is 1. The van der Waals surface area contributed by atoms with E-state index in [1.54, 1.807) is 7.11 Å². The summed E-state index contributed by atoms with van der Waals surface area (Å²) in [5, 5.41) is 14.3. The predicted octanol–water partition coefficient (Wildman–Crippen LogP) is 2.55. The zero-order valence-electron chi connectivity index (χ0n) is 11.6. The first-order valence-electron chi connectivity index (χ1n) is 6.56. The summed E-state index contributed by atoms with van der Waals surface area (Å²) in [7, 11) is 1.65. The van der Waals surface area contributed by atoms with Crippen molar-refractivity contribution in [3.63, 3.8) is 0 Å². The van der Waals surface area contributed by atoms with Crippen LogP contribution >= 0.6 is 0 Å². The second-order valence-corrected chi connectivity index (χ2v) is 4.48. The highest BCUT2D eigenvalue weighted by molar-refractivity contribution is 5.58. The Balaban J connectivity index is 1.92. The summed E-state index contributed by atoms with van der Waals surface area (Å²) >= 11 is 0. The number of anilines is 2. The molecule has 0 aliphatic rings. The van der Waals surface area contributed by atoms with Gasteiger partial charge in [0.05, 0.1) is 13.7 Å². The first-order chi connectivity index (χ1) is 10.4. The molecule has 6 heteroatoms. The molecule has 0 unspecified atom stereocenters. The van der Waals surface area contributed by atoms with Crippen molar-refractivity contribution < 1.29 is 4.74 Å². The van der Waals surface area contributed by atoms with Gasteiger partial charge in [0.2, 0.25) is 0 Å². The van der Waals surface area contributed by atoms with E-state index in [2.05, 4.69) is 32.8 Å². The number of tetrazole rings is 1. The van der Waals surface area contributed by atoms with E-state index < -0.39 is 0 Å². The molecule has 21 heavy (non-hydrogen) atoms. The Morgan fingerprint density at radius 1 is 1.05 bits per heavy atom. The fourth-order valence-corrected chi connectivity index (χ4v) is 2.08. The summed E-state index contributed by atoms with van der Waals surface area (Å²) in [6, 6.07) is 17.9. The maximum atomic E-state index is 5.19. The van der Waals surface area contributed by atoms with E-state index >= 15 is 0 Å². The minimum atomic E-state index is 0.531. The van der Waals surface area contributed by atoms with Crippen LogP contribution in [0.15, 0.2) is 54.6 Å². The summed E-state index contributed by atoms with van der Waals surface area (Å²) in [6.45, 7) is 0.659. The molecule has 0 aliphatic carbocycles. The van der Waals surface area contributed by atoms with E-state index in [1.807, 2.05) is 47.4 Å². The van der Waals surface area contributed by atoms with Gasteiger partial charge in [-0.15, -0.1) is 5.10 Å². The average Bonchev–Trinajstić information content (AvgIpc) is 3.08. The standard InChI is InChI=1S/C15H15N5O/c1-21-14-9-7-13(8-10-14)20(15-16-18-19-17-15)11-12-5-3-2-4-6-12/h2-10H,11H2,1H3,(H,16,17,18,19). The lowest BCUT2D eigenvalue weighted by Crippen LogP contribution is -2.17. The van der Waals surface area contributed by atoms with E-state index in [9.17, 15) is 0 Å². The predicted molar refractivity (Wildman–Crippen MR) is 79.5 cm³/mol. The Hall–Kier alpha value is -2.89. The molecule has 3 aromatic rings. The molecule has 0 saturated carbocycles. The molecule has 1 aromatic heterocycles. The zero-order chi connectivity index (χ0) is 14.5. The van der Waals surface area contributed by atoms with Gasteiger partial charge in [-0.1, -0.05) is 35.4 Å². The molecule has 0 saturated heterocycles. The van der Waals surface area contributed by atoms with Gasteiger partial charge in [0.25, 0.3) is 5.95 Å². The van der Waals surface area contributed by atoms with Crippen LogP contribution in [0.2, 0.25) is 0 Å². The normalized spacial score (nSPS) is 10.3. The van der Waals surface area contributed by atoms with Gasteiger partial charge in [0.1, 0.15) is 5.75 Å². The summed E-state index contributed by atoms with van der Waals surface area (Å²) in [5.41, 5.74) is 2.14. The summed E-state index contributed by atoms with van der Waals surface area (Å²) < 4.78 is 5.19. The smallest absolute Gasteiger partial charge is 0.270 e. The first kappa shape index (κ1) is 13.1. The number of hydrogen-bond acceptors (Lipinski definition) is 5. The van der Waals surface area contributed by atoms with Gasteiger partial charge in [0, 0.05) is 5.69 Å². The number of H-pyrrole nitrogens is 1. The lowest BCUT2D eigenvalue weighted by atomic mass is 10.2. The van der Waals surface area contributed by atoms with Crippen molar-refractivity contribution in [1.82, 2.24) is 20.6 Å². The van der Waals surface area contributed by atoms with Gasteiger partial charge in [0.15, 0.2) is 0 Å². The van der Waals surface area contributed by atoms with Crippen molar-refractivity contribution in [3.8, 4) is 5.75 Å². The van der Waals surface area contributed by atoms with Crippen LogP contribution in [0.4, 0.5) is 11.6 Å². The van der Waals surface area contributed by atoms with Gasteiger partial charge in [-0.25, -0.2) is 0 Å². The van der Waals surface area contributed by atoms with Crippen LogP contribution in [-0.2, 0) is 6.54 Å². The molecule has 0 aliphatic heterocycles. The number of nitrogens with zero attached hydrogens (tertiary/aromatic N) is 4. The Morgan fingerprint density at radius 2 is 1.81 bits per heavy atom. The Morgan fingerprint density at radius 3 is 2.43 bits per heavy atom. The van der Waals surface area contributed by atoms with Crippen LogP contribution in [0.25, 0.3) is 0 Å².